The Morgan fingerprint density at radius 2 is 2.08 bits per heavy atom. The van der Waals surface area contributed by atoms with Gasteiger partial charge in [-0.25, -0.2) is 0 Å². The van der Waals surface area contributed by atoms with Gasteiger partial charge in [0, 0.05) is 13.2 Å². The molecule has 0 bridgehead atoms. The van der Waals surface area contributed by atoms with Crippen LogP contribution < -0.4 is 10.6 Å². The zero-order valence-corrected chi connectivity index (χ0v) is 17.9. The second kappa shape index (κ2) is 12.7. The molecule has 1 aliphatic rings. The lowest BCUT2D eigenvalue weighted by Crippen LogP contribution is -2.32. The fraction of sp³-hybridized carbons (Fsp3) is 0.650. The molecule has 1 aromatic rings. The summed E-state index contributed by atoms with van der Waals surface area (Å²) in [7, 11) is 0. The van der Waals surface area contributed by atoms with Crippen molar-refractivity contribution in [2.75, 3.05) is 26.2 Å². The van der Waals surface area contributed by atoms with Gasteiger partial charge in [-0.05, 0) is 92.0 Å². The number of ether oxygens (including phenoxy) is 1. The number of halogens is 1. The Hall–Kier alpha value is -0.690. The topological polar surface area (TPSA) is 50.4 Å². The van der Waals surface area contributed by atoms with Crippen molar-refractivity contribution in [2.45, 2.75) is 51.0 Å². The summed E-state index contributed by atoms with van der Waals surface area (Å²) in [4.78, 5) is 12.9. The number of thiophene rings is 1. The van der Waals surface area contributed by atoms with Crippen molar-refractivity contribution in [1.29, 1.82) is 0 Å². The van der Waals surface area contributed by atoms with E-state index in [0.29, 0.717) is 12.0 Å². The van der Waals surface area contributed by atoms with Crippen LogP contribution in [0.3, 0.4) is 0 Å². The SMILES string of the molecule is C=CCCNCCCCOC1CCC(CNC(=O)c2ccc(Br)s2)CC1. The highest BCUT2D eigenvalue weighted by Crippen LogP contribution is 2.26. The lowest BCUT2D eigenvalue weighted by atomic mass is 9.87. The second-order valence-corrected chi connectivity index (χ2v) is 9.32. The molecule has 146 valence electrons. The minimum absolute atomic E-state index is 0.0424. The molecule has 1 fully saturated rings. The Labute approximate surface area is 169 Å². The molecular weight excluding hydrogens is 412 g/mol. The number of amides is 1. The number of rotatable bonds is 12. The van der Waals surface area contributed by atoms with Gasteiger partial charge in [0.15, 0.2) is 0 Å². The average Bonchev–Trinajstić information content (AvgIpc) is 3.09. The highest BCUT2D eigenvalue weighted by molar-refractivity contribution is 9.11. The van der Waals surface area contributed by atoms with Crippen LogP contribution in [-0.2, 0) is 4.74 Å². The summed E-state index contributed by atoms with van der Waals surface area (Å²) in [5.74, 6) is 0.622. The maximum atomic E-state index is 12.1. The van der Waals surface area contributed by atoms with Crippen LogP contribution in [0, 0.1) is 5.92 Å². The van der Waals surface area contributed by atoms with E-state index >= 15 is 0 Å². The quantitative estimate of drug-likeness (QED) is 0.362. The molecule has 2 N–H and O–H groups in total. The van der Waals surface area contributed by atoms with Crippen molar-refractivity contribution in [3.63, 3.8) is 0 Å². The van der Waals surface area contributed by atoms with Crippen molar-refractivity contribution in [3.8, 4) is 0 Å². The first-order chi connectivity index (χ1) is 12.7. The number of carbonyl (C=O) groups excluding carboxylic acids is 1. The molecular formula is C20H31BrN2O2S. The van der Waals surface area contributed by atoms with Crippen LogP contribution in [0.4, 0.5) is 0 Å². The summed E-state index contributed by atoms with van der Waals surface area (Å²) in [5.41, 5.74) is 0. The molecule has 1 heterocycles. The minimum Gasteiger partial charge on any atom is -0.378 e. The Kier molecular flexibility index (Phi) is 10.5. The van der Waals surface area contributed by atoms with Gasteiger partial charge >= 0.3 is 0 Å². The molecule has 1 amide bonds. The maximum Gasteiger partial charge on any atom is 0.261 e. The smallest absolute Gasteiger partial charge is 0.261 e. The Morgan fingerprint density at radius 3 is 2.77 bits per heavy atom. The molecule has 6 heteroatoms. The summed E-state index contributed by atoms with van der Waals surface area (Å²) in [6.45, 7) is 7.44. The summed E-state index contributed by atoms with van der Waals surface area (Å²) < 4.78 is 7.02. The molecule has 0 unspecified atom stereocenters. The largest absolute Gasteiger partial charge is 0.378 e. The van der Waals surface area contributed by atoms with Crippen LogP contribution in [-0.4, -0.2) is 38.3 Å². The van der Waals surface area contributed by atoms with E-state index < -0.39 is 0 Å². The van der Waals surface area contributed by atoms with E-state index in [1.54, 1.807) is 0 Å². The Bertz CT molecular complexity index is 542. The van der Waals surface area contributed by atoms with Crippen molar-refractivity contribution >= 4 is 33.2 Å². The molecule has 1 saturated carbocycles. The molecule has 4 nitrogen and oxygen atoms in total. The minimum atomic E-state index is 0.0424. The number of unbranched alkanes of at least 4 members (excludes halogenated alkanes) is 1. The number of carbonyl (C=O) groups is 1. The summed E-state index contributed by atoms with van der Waals surface area (Å²) in [6, 6.07) is 3.78. The Balaban J connectivity index is 1.48. The predicted molar refractivity (Wildman–Crippen MR) is 113 cm³/mol. The standard InChI is InChI=1S/C20H31BrN2O2S/c1-2-3-12-22-13-4-5-14-25-17-8-6-16(7-9-17)15-23-20(24)18-10-11-19(21)26-18/h2,10-11,16-17,22H,1,3-9,12-15H2,(H,23,24). The highest BCUT2D eigenvalue weighted by Gasteiger charge is 2.22. The van der Waals surface area contributed by atoms with Crippen molar-refractivity contribution in [1.82, 2.24) is 10.6 Å². The molecule has 2 rings (SSSR count). The zero-order chi connectivity index (χ0) is 18.6. The first kappa shape index (κ1) is 21.6. The van der Waals surface area contributed by atoms with Gasteiger partial charge in [0.2, 0.25) is 0 Å². The van der Waals surface area contributed by atoms with Crippen LogP contribution in [0.2, 0.25) is 0 Å². The third kappa shape index (κ3) is 8.33. The molecule has 0 atom stereocenters. The number of nitrogens with one attached hydrogen (secondary N) is 2. The summed E-state index contributed by atoms with van der Waals surface area (Å²) >= 11 is 4.87. The number of hydrogen-bond donors (Lipinski definition) is 2. The van der Waals surface area contributed by atoms with E-state index in [0.717, 1.165) is 79.9 Å². The van der Waals surface area contributed by atoms with Gasteiger partial charge in [0.25, 0.3) is 5.91 Å². The highest BCUT2D eigenvalue weighted by atomic mass is 79.9. The van der Waals surface area contributed by atoms with Crippen LogP contribution in [0.5, 0.6) is 0 Å². The van der Waals surface area contributed by atoms with Gasteiger partial charge in [-0.15, -0.1) is 17.9 Å². The molecule has 0 spiro atoms. The molecule has 26 heavy (non-hydrogen) atoms. The molecule has 0 radical (unpaired) electrons. The summed E-state index contributed by atoms with van der Waals surface area (Å²) in [5, 5.41) is 6.48. The van der Waals surface area contributed by atoms with Crippen LogP contribution in [0.25, 0.3) is 0 Å². The van der Waals surface area contributed by atoms with E-state index in [1.165, 1.54) is 11.3 Å². The molecule has 1 aromatic heterocycles. The molecule has 1 aliphatic carbocycles. The van der Waals surface area contributed by atoms with Gasteiger partial charge < -0.3 is 15.4 Å². The van der Waals surface area contributed by atoms with Crippen LogP contribution in [0.15, 0.2) is 28.6 Å². The Morgan fingerprint density at radius 1 is 1.27 bits per heavy atom. The average molecular weight is 443 g/mol. The summed E-state index contributed by atoms with van der Waals surface area (Å²) in [6.07, 6.45) is 10.2. The fourth-order valence-electron chi connectivity index (χ4n) is 3.19. The van der Waals surface area contributed by atoms with Crippen molar-refractivity contribution in [3.05, 3.63) is 33.5 Å². The molecule has 0 saturated heterocycles. The van der Waals surface area contributed by atoms with Crippen molar-refractivity contribution < 1.29 is 9.53 Å². The fourth-order valence-corrected chi connectivity index (χ4v) is 4.50. The zero-order valence-electron chi connectivity index (χ0n) is 15.5. The van der Waals surface area contributed by atoms with E-state index in [9.17, 15) is 4.79 Å². The number of hydrogen-bond acceptors (Lipinski definition) is 4. The van der Waals surface area contributed by atoms with Gasteiger partial charge in [-0.1, -0.05) is 6.08 Å². The van der Waals surface area contributed by atoms with Crippen LogP contribution >= 0.6 is 27.3 Å². The lowest BCUT2D eigenvalue weighted by molar-refractivity contribution is 0.0165. The third-order valence-electron chi connectivity index (χ3n) is 4.77. The van der Waals surface area contributed by atoms with E-state index in [-0.39, 0.29) is 5.91 Å². The van der Waals surface area contributed by atoms with Crippen molar-refractivity contribution in [2.24, 2.45) is 5.92 Å². The predicted octanol–water partition coefficient (Wildman–Crippen LogP) is 4.76. The second-order valence-electron chi connectivity index (χ2n) is 6.86. The van der Waals surface area contributed by atoms with E-state index in [4.69, 9.17) is 4.74 Å². The normalized spacial score (nSPS) is 20.0. The monoisotopic (exact) mass is 442 g/mol. The van der Waals surface area contributed by atoms with Crippen LogP contribution in [0.1, 0.15) is 54.6 Å². The first-order valence-corrected chi connectivity index (χ1v) is 11.3. The van der Waals surface area contributed by atoms with E-state index in [2.05, 4.69) is 33.1 Å². The van der Waals surface area contributed by atoms with Gasteiger partial charge in [-0.3, -0.25) is 4.79 Å². The maximum absolute atomic E-state index is 12.1. The van der Waals surface area contributed by atoms with Gasteiger partial charge in [-0.2, -0.15) is 0 Å². The van der Waals surface area contributed by atoms with Gasteiger partial charge in [0.05, 0.1) is 14.8 Å². The van der Waals surface area contributed by atoms with E-state index in [1.807, 2.05) is 18.2 Å². The third-order valence-corrected chi connectivity index (χ3v) is 6.39. The molecule has 0 aromatic carbocycles. The lowest BCUT2D eigenvalue weighted by Gasteiger charge is -2.28. The molecule has 0 aliphatic heterocycles. The first-order valence-electron chi connectivity index (χ1n) is 9.65. The van der Waals surface area contributed by atoms with Gasteiger partial charge in [0.1, 0.15) is 0 Å².